The lowest BCUT2D eigenvalue weighted by Crippen LogP contribution is -2.36. The maximum atomic E-state index is 12.5. The highest BCUT2D eigenvalue weighted by molar-refractivity contribution is 6.01. The summed E-state index contributed by atoms with van der Waals surface area (Å²) in [5, 5.41) is 5.70. The van der Waals surface area contributed by atoms with Crippen LogP contribution in [0.15, 0.2) is 42.7 Å². The van der Waals surface area contributed by atoms with Crippen LogP contribution in [0.25, 0.3) is 0 Å². The molecular weight excluding hydrogens is 294 g/mol. The summed E-state index contributed by atoms with van der Waals surface area (Å²) >= 11 is 0. The Morgan fingerprint density at radius 1 is 1.39 bits per heavy atom. The number of benzene rings is 1. The lowest BCUT2D eigenvalue weighted by Gasteiger charge is -2.25. The van der Waals surface area contributed by atoms with Gasteiger partial charge in [0.15, 0.2) is 0 Å². The van der Waals surface area contributed by atoms with E-state index in [1.807, 2.05) is 35.2 Å². The molecule has 0 saturated carbocycles. The molecule has 1 aliphatic heterocycles. The first-order valence-corrected chi connectivity index (χ1v) is 7.53. The van der Waals surface area contributed by atoms with Gasteiger partial charge in [-0.3, -0.25) is 9.59 Å². The van der Waals surface area contributed by atoms with Crippen LogP contribution in [-0.2, 0) is 16.1 Å². The van der Waals surface area contributed by atoms with Gasteiger partial charge in [-0.05, 0) is 35.9 Å². The van der Waals surface area contributed by atoms with E-state index >= 15 is 0 Å². The van der Waals surface area contributed by atoms with Crippen LogP contribution in [0.5, 0.6) is 5.75 Å². The molecule has 0 radical (unpaired) electrons. The van der Waals surface area contributed by atoms with Crippen molar-refractivity contribution in [2.24, 2.45) is 0 Å². The second-order valence-electron chi connectivity index (χ2n) is 5.47. The first-order valence-electron chi connectivity index (χ1n) is 7.53. The molecule has 1 atom stereocenters. The minimum atomic E-state index is -0.487. The Bertz CT molecular complexity index is 710. The van der Waals surface area contributed by atoms with E-state index in [9.17, 15) is 9.59 Å². The Kier molecular flexibility index (Phi) is 4.32. The van der Waals surface area contributed by atoms with Gasteiger partial charge in [0.25, 0.3) is 0 Å². The third-order valence-electron chi connectivity index (χ3n) is 3.95. The van der Waals surface area contributed by atoms with Gasteiger partial charge in [0.1, 0.15) is 5.75 Å². The van der Waals surface area contributed by atoms with Crippen molar-refractivity contribution in [2.75, 3.05) is 19.0 Å². The number of fused-ring (bicyclic) bond motifs is 1. The molecule has 6 heteroatoms. The van der Waals surface area contributed by atoms with Gasteiger partial charge in [-0.15, -0.1) is 0 Å². The highest BCUT2D eigenvalue weighted by atomic mass is 16.5. The fourth-order valence-corrected chi connectivity index (χ4v) is 2.75. The SMILES string of the molecule is COc1ccc2c(c1)[C@@H](C(=O)NCCn1cccc1)CC(=O)N2. The van der Waals surface area contributed by atoms with Crippen LogP contribution in [0.4, 0.5) is 5.69 Å². The van der Waals surface area contributed by atoms with Crippen LogP contribution in [-0.4, -0.2) is 30.0 Å². The van der Waals surface area contributed by atoms with Crippen LogP contribution in [0.2, 0.25) is 0 Å². The zero-order valence-electron chi connectivity index (χ0n) is 12.9. The van der Waals surface area contributed by atoms with Crippen LogP contribution >= 0.6 is 0 Å². The van der Waals surface area contributed by atoms with Crippen LogP contribution < -0.4 is 15.4 Å². The summed E-state index contributed by atoms with van der Waals surface area (Å²) in [6.07, 6.45) is 4.04. The molecule has 0 spiro atoms. The number of carbonyl (C=O) groups excluding carboxylic acids is 2. The molecule has 2 amide bonds. The van der Waals surface area contributed by atoms with Crippen molar-refractivity contribution < 1.29 is 14.3 Å². The van der Waals surface area contributed by atoms with E-state index in [2.05, 4.69) is 10.6 Å². The second-order valence-corrected chi connectivity index (χ2v) is 5.47. The van der Waals surface area contributed by atoms with E-state index in [1.165, 1.54) is 0 Å². The summed E-state index contributed by atoms with van der Waals surface area (Å²) in [6, 6.07) is 9.23. The van der Waals surface area contributed by atoms with Gasteiger partial charge in [0.05, 0.1) is 13.0 Å². The molecule has 6 nitrogen and oxygen atoms in total. The first-order chi connectivity index (χ1) is 11.2. The molecule has 23 heavy (non-hydrogen) atoms. The summed E-state index contributed by atoms with van der Waals surface area (Å²) < 4.78 is 7.21. The largest absolute Gasteiger partial charge is 0.497 e. The standard InChI is InChI=1S/C17H19N3O3/c1-23-12-4-5-15-13(10-12)14(11-16(21)19-15)17(22)18-6-9-20-7-2-3-8-20/h2-5,7-8,10,14H,6,9,11H2,1H3,(H,18,22)(H,19,21)/t14-/m0/s1. The maximum absolute atomic E-state index is 12.5. The average Bonchev–Trinajstić information content (AvgIpc) is 3.07. The van der Waals surface area contributed by atoms with Crippen molar-refractivity contribution in [3.05, 3.63) is 48.3 Å². The van der Waals surface area contributed by atoms with Gasteiger partial charge < -0.3 is 19.9 Å². The summed E-state index contributed by atoms with van der Waals surface area (Å²) in [7, 11) is 1.58. The normalized spacial score (nSPS) is 16.4. The monoisotopic (exact) mass is 313 g/mol. The molecule has 120 valence electrons. The van der Waals surface area contributed by atoms with Crippen molar-refractivity contribution >= 4 is 17.5 Å². The number of hydrogen-bond donors (Lipinski definition) is 2. The van der Waals surface area contributed by atoms with Gasteiger partial charge >= 0.3 is 0 Å². The van der Waals surface area contributed by atoms with Crippen molar-refractivity contribution in [1.29, 1.82) is 0 Å². The number of rotatable bonds is 5. The molecule has 0 saturated heterocycles. The molecule has 0 fully saturated rings. The Hall–Kier alpha value is -2.76. The minimum Gasteiger partial charge on any atom is -0.497 e. The molecule has 0 bridgehead atoms. The number of hydrogen-bond acceptors (Lipinski definition) is 3. The summed E-state index contributed by atoms with van der Waals surface area (Å²) in [5.41, 5.74) is 1.47. The van der Waals surface area contributed by atoms with Gasteiger partial charge in [-0.1, -0.05) is 0 Å². The third kappa shape index (κ3) is 3.36. The van der Waals surface area contributed by atoms with Gasteiger partial charge in [-0.25, -0.2) is 0 Å². The molecule has 2 N–H and O–H groups in total. The van der Waals surface area contributed by atoms with Crippen LogP contribution in [0, 0.1) is 0 Å². The highest BCUT2D eigenvalue weighted by Gasteiger charge is 2.30. The molecule has 2 heterocycles. The minimum absolute atomic E-state index is 0.137. The maximum Gasteiger partial charge on any atom is 0.228 e. The van der Waals surface area contributed by atoms with Crippen molar-refractivity contribution in [3.63, 3.8) is 0 Å². The smallest absolute Gasteiger partial charge is 0.228 e. The topological polar surface area (TPSA) is 72.4 Å². The number of aromatic nitrogens is 1. The molecule has 1 aliphatic rings. The van der Waals surface area contributed by atoms with E-state index in [0.29, 0.717) is 24.5 Å². The van der Waals surface area contributed by atoms with Crippen LogP contribution in [0.1, 0.15) is 17.9 Å². The zero-order chi connectivity index (χ0) is 16.2. The quantitative estimate of drug-likeness (QED) is 0.883. The molecule has 3 rings (SSSR count). The Labute approximate surface area is 134 Å². The third-order valence-corrected chi connectivity index (χ3v) is 3.95. The van der Waals surface area contributed by atoms with E-state index in [-0.39, 0.29) is 18.2 Å². The first kappa shape index (κ1) is 15.1. The number of amides is 2. The van der Waals surface area contributed by atoms with Crippen LogP contribution in [0.3, 0.4) is 0 Å². The Morgan fingerprint density at radius 2 is 2.17 bits per heavy atom. The summed E-state index contributed by atoms with van der Waals surface area (Å²) in [5.74, 6) is -0.0988. The van der Waals surface area contributed by atoms with E-state index in [0.717, 1.165) is 5.56 Å². The van der Waals surface area contributed by atoms with E-state index < -0.39 is 5.92 Å². The number of methoxy groups -OCH3 is 1. The summed E-state index contributed by atoms with van der Waals surface area (Å²) in [4.78, 5) is 24.3. The van der Waals surface area contributed by atoms with Crippen molar-refractivity contribution in [1.82, 2.24) is 9.88 Å². The molecule has 2 aromatic rings. The number of ether oxygens (including phenoxy) is 1. The zero-order valence-corrected chi connectivity index (χ0v) is 12.9. The molecular formula is C17H19N3O3. The lowest BCUT2D eigenvalue weighted by atomic mass is 9.89. The number of nitrogens with zero attached hydrogens (tertiary/aromatic N) is 1. The Morgan fingerprint density at radius 3 is 2.91 bits per heavy atom. The second kappa shape index (κ2) is 6.56. The van der Waals surface area contributed by atoms with Gasteiger partial charge in [0.2, 0.25) is 11.8 Å². The van der Waals surface area contributed by atoms with Crippen molar-refractivity contribution in [3.8, 4) is 5.75 Å². The predicted octanol–water partition coefficient (Wildman–Crippen LogP) is 1.74. The molecule has 0 unspecified atom stereocenters. The molecule has 0 aliphatic carbocycles. The highest BCUT2D eigenvalue weighted by Crippen LogP contribution is 2.34. The van der Waals surface area contributed by atoms with Gasteiger partial charge in [-0.2, -0.15) is 0 Å². The van der Waals surface area contributed by atoms with Gasteiger partial charge in [0, 0.05) is 37.6 Å². The number of anilines is 1. The lowest BCUT2D eigenvalue weighted by molar-refractivity contribution is -0.126. The Balaban J connectivity index is 1.71. The number of nitrogens with one attached hydrogen (secondary N) is 2. The summed E-state index contributed by atoms with van der Waals surface area (Å²) in [6.45, 7) is 1.22. The fraction of sp³-hybridized carbons (Fsp3) is 0.294. The van der Waals surface area contributed by atoms with E-state index in [4.69, 9.17) is 4.74 Å². The average molecular weight is 313 g/mol. The number of carbonyl (C=O) groups is 2. The van der Waals surface area contributed by atoms with Crippen molar-refractivity contribution in [2.45, 2.75) is 18.9 Å². The predicted molar refractivity (Wildman–Crippen MR) is 86.4 cm³/mol. The van der Waals surface area contributed by atoms with E-state index in [1.54, 1.807) is 19.2 Å². The fourth-order valence-electron chi connectivity index (χ4n) is 2.75. The molecule has 1 aromatic heterocycles. The molecule has 1 aromatic carbocycles.